The fraction of sp³-hybridized carbons (Fsp3) is 0.250. The maximum absolute atomic E-state index is 12.7. The largest absolute Gasteiger partial charge is 0.267 e. The molecule has 0 spiro atoms. The van der Waals surface area contributed by atoms with Crippen LogP contribution in [0.3, 0.4) is 0 Å². The molecular weight excluding hydrogens is 256 g/mol. The van der Waals surface area contributed by atoms with E-state index < -0.39 is 6.43 Å². The zero-order valence-electron chi connectivity index (χ0n) is 7.21. The fourth-order valence-corrected chi connectivity index (χ4v) is 1.80. The van der Waals surface area contributed by atoms with Crippen LogP contribution in [0.2, 0.25) is 0 Å². The summed E-state index contributed by atoms with van der Waals surface area (Å²) in [6.45, 7) is 0. The van der Waals surface area contributed by atoms with Crippen LogP contribution in [0.25, 0.3) is 11.0 Å². The van der Waals surface area contributed by atoms with Gasteiger partial charge in [-0.2, -0.15) is 0 Å². The van der Waals surface area contributed by atoms with Crippen molar-refractivity contribution in [2.75, 3.05) is 0 Å². The molecule has 0 saturated heterocycles. The highest BCUT2D eigenvalue weighted by Crippen LogP contribution is 2.32. The molecule has 0 saturated carbocycles. The molecule has 1 heterocycles. The number of hydrogen-bond acceptors (Lipinski definition) is 2. The molecule has 0 bridgehead atoms. The molecule has 0 aliphatic rings. The summed E-state index contributed by atoms with van der Waals surface area (Å²) in [5.41, 5.74) is 0.746. The van der Waals surface area contributed by atoms with Gasteiger partial charge in [-0.15, -0.1) is 5.10 Å². The van der Waals surface area contributed by atoms with Crippen molar-refractivity contribution in [3.05, 3.63) is 22.2 Å². The Morgan fingerprint density at radius 1 is 1.43 bits per heavy atom. The van der Waals surface area contributed by atoms with Gasteiger partial charge in [0.1, 0.15) is 5.52 Å². The molecule has 3 nitrogen and oxygen atoms in total. The van der Waals surface area contributed by atoms with Crippen molar-refractivity contribution in [3.8, 4) is 0 Å². The van der Waals surface area contributed by atoms with Crippen LogP contribution in [0.15, 0.2) is 16.6 Å². The molecule has 1 aromatic carbocycles. The third-order valence-corrected chi connectivity index (χ3v) is 2.68. The Morgan fingerprint density at radius 2 is 2.14 bits per heavy atom. The van der Waals surface area contributed by atoms with Crippen molar-refractivity contribution in [2.24, 2.45) is 7.05 Å². The molecule has 74 valence electrons. The van der Waals surface area contributed by atoms with Crippen LogP contribution < -0.4 is 0 Å². The minimum Gasteiger partial charge on any atom is -0.248 e. The van der Waals surface area contributed by atoms with Gasteiger partial charge in [0.2, 0.25) is 0 Å². The highest BCUT2D eigenvalue weighted by molar-refractivity contribution is 9.10. The second-order valence-electron chi connectivity index (χ2n) is 2.84. The Balaban J connectivity index is 2.83. The van der Waals surface area contributed by atoms with E-state index in [9.17, 15) is 8.78 Å². The van der Waals surface area contributed by atoms with E-state index in [0.717, 1.165) is 0 Å². The average molecular weight is 262 g/mol. The first-order chi connectivity index (χ1) is 6.61. The number of aromatic nitrogens is 3. The van der Waals surface area contributed by atoms with E-state index in [1.165, 1.54) is 4.68 Å². The Hall–Kier alpha value is -1.04. The molecule has 1 aromatic heterocycles. The molecule has 0 N–H and O–H groups in total. The van der Waals surface area contributed by atoms with Crippen molar-refractivity contribution >= 4 is 27.0 Å². The molecule has 0 aliphatic carbocycles. The number of halogens is 3. The minimum atomic E-state index is -2.55. The van der Waals surface area contributed by atoms with Crippen LogP contribution in [-0.4, -0.2) is 15.0 Å². The standard InChI is InChI=1S/C8H6BrF2N3/c1-14-5-3-2-4(9)6(8(10)11)7(5)12-13-14/h2-3,8H,1H3. The van der Waals surface area contributed by atoms with E-state index in [2.05, 4.69) is 26.2 Å². The van der Waals surface area contributed by atoms with Gasteiger partial charge in [0.05, 0.1) is 11.1 Å². The van der Waals surface area contributed by atoms with E-state index >= 15 is 0 Å². The number of nitrogens with zero attached hydrogens (tertiary/aromatic N) is 3. The second-order valence-corrected chi connectivity index (χ2v) is 3.70. The van der Waals surface area contributed by atoms with Gasteiger partial charge < -0.3 is 0 Å². The van der Waals surface area contributed by atoms with Crippen LogP contribution in [0.5, 0.6) is 0 Å². The lowest BCUT2D eigenvalue weighted by atomic mass is 10.2. The van der Waals surface area contributed by atoms with Gasteiger partial charge in [-0.3, -0.25) is 0 Å². The molecule has 2 aromatic rings. The van der Waals surface area contributed by atoms with Crippen LogP contribution in [0.1, 0.15) is 12.0 Å². The van der Waals surface area contributed by atoms with Crippen molar-refractivity contribution in [3.63, 3.8) is 0 Å². The van der Waals surface area contributed by atoms with Crippen LogP contribution in [0.4, 0.5) is 8.78 Å². The highest BCUT2D eigenvalue weighted by atomic mass is 79.9. The smallest absolute Gasteiger partial charge is 0.248 e. The maximum Gasteiger partial charge on any atom is 0.267 e. The third kappa shape index (κ3) is 1.30. The Morgan fingerprint density at radius 3 is 2.79 bits per heavy atom. The van der Waals surface area contributed by atoms with E-state index in [0.29, 0.717) is 9.99 Å². The fourth-order valence-electron chi connectivity index (χ4n) is 1.31. The average Bonchev–Trinajstić information content (AvgIpc) is 2.47. The molecular formula is C8H6BrF2N3. The van der Waals surface area contributed by atoms with Gasteiger partial charge in [0.15, 0.2) is 0 Å². The lowest BCUT2D eigenvalue weighted by Crippen LogP contribution is -1.91. The minimum absolute atomic E-state index is 0.101. The number of hydrogen-bond donors (Lipinski definition) is 0. The maximum atomic E-state index is 12.7. The van der Waals surface area contributed by atoms with Gasteiger partial charge in [-0.25, -0.2) is 13.5 Å². The number of benzene rings is 1. The van der Waals surface area contributed by atoms with E-state index in [4.69, 9.17) is 0 Å². The van der Waals surface area contributed by atoms with Gasteiger partial charge in [-0.1, -0.05) is 21.1 Å². The number of alkyl halides is 2. The molecule has 0 radical (unpaired) electrons. The number of fused-ring (bicyclic) bond motifs is 1. The Bertz CT molecular complexity index is 481. The van der Waals surface area contributed by atoms with Crippen LogP contribution >= 0.6 is 15.9 Å². The summed E-state index contributed by atoms with van der Waals surface area (Å²) in [7, 11) is 1.67. The van der Waals surface area contributed by atoms with Crippen molar-refractivity contribution in [2.45, 2.75) is 6.43 Å². The highest BCUT2D eigenvalue weighted by Gasteiger charge is 2.18. The normalized spacial score (nSPS) is 11.5. The second kappa shape index (κ2) is 3.27. The third-order valence-electron chi connectivity index (χ3n) is 1.99. The quantitative estimate of drug-likeness (QED) is 0.791. The number of rotatable bonds is 1. The zero-order chi connectivity index (χ0) is 10.3. The summed E-state index contributed by atoms with van der Waals surface area (Å²) < 4.78 is 27.1. The van der Waals surface area contributed by atoms with Crippen molar-refractivity contribution in [1.82, 2.24) is 15.0 Å². The summed E-state index contributed by atoms with van der Waals surface area (Å²) in [4.78, 5) is 0. The molecule has 14 heavy (non-hydrogen) atoms. The predicted octanol–water partition coefficient (Wildman–Crippen LogP) is 2.67. The zero-order valence-corrected chi connectivity index (χ0v) is 8.79. The summed E-state index contributed by atoms with van der Waals surface area (Å²) in [5.74, 6) is 0. The summed E-state index contributed by atoms with van der Waals surface area (Å²) in [6.07, 6.45) is -2.55. The summed E-state index contributed by atoms with van der Waals surface area (Å²) in [5, 5.41) is 7.40. The van der Waals surface area contributed by atoms with Gasteiger partial charge >= 0.3 is 0 Å². The molecule has 0 atom stereocenters. The Kier molecular flexibility index (Phi) is 2.22. The van der Waals surface area contributed by atoms with E-state index in [-0.39, 0.29) is 11.1 Å². The van der Waals surface area contributed by atoms with Gasteiger partial charge in [0.25, 0.3) is 6.43 Å². The Labute approximate surface area is 86.8 Å². The van der Waals surface area contributed by atoms with Crippen LogP contribution in [0, 0.1) is 0 Å². The van der Waals surface area contributed by atoms with Crippen molar-refractivity contribution < 1.29 is 8.78 Å². The lowest BCUT2D eigenvalue weighted by molar-refractivity contribution is 0.152. The first-order valence-electron chi connectivity index (χ1n) is 3.87. The van der Waals surface area contributed by atoms with Crippen LogP contribution in [-0.2, 0) is 7.05 Å². The molecule has 0 fully saturated rings. The molecule has 0 amide bonds. The van der Waals surface area contributed by atoms with Crippen molar-refractivity contribution in [1.29, 1.82) is 0 Å². The first-order valence-corrected chi connectivity index (χ1v) is 4.66. The molecule has 0 unspecified atom stereocenters. The summed E-state index contributed by atoms with van der Waals surface area (Å²) >= 11 is 3.07. The van der Waals surface area contributed by atoms with E-state index in [1.807, 2.05) is 0 Å². The topological polar surface area (TPSA) is 30.7 Å². The molecule has 2 rings (SSSR count). The predicted molar refractivity (Wildman–Crippen MR) is 51.2 cm³/mol. The first kappa shape index (κ1) is 9.51. The van der Waals surface area contributed by atoms with Gasteiger partial charge in [-0.05, 0) is 12.1 Å². The van der Waals surface area contributed by atoms with Gasteiger partial charge in [0, 0.05) is 11.5 Å². The molecule has 0 aliphatic heterocycles. The lowest BCUT2D eigenvalue weighted by Gasteiger charge is -2.03. The molecule has 6 heteroatoms. The van der Waals surface area contributed by atoms with E-state index in [1.54, 1.807) is 19.2 Å². The SMILES string of the molecule is Cn1nnc2c(C(F)F)c(Br)ccc21. The monoisotopic (exact) mass is 261 g/mol. The summed E-state index contributed by atoms with van der Waals surface area (Å²) in [6, 6.07) is 3.28. The number of aryl methyl sites for hydroxylation is 1.